The Morgan fingerprint density at radius 2 is 1.61 bits per heavy atom. The average molecular weight is 603 g/mol. The van der Waals surface area contributed by atoms with Crippen molar-refractivity contribution in [3.8, 4) is 5.69 Å². The molecule has 0 saturated carbocycles. The third-order valence-electron chi connectivity index (χ3n) is 7.77. The van der Waals surface area contributed by atoms with Crippen LogP contribution in [0.1, 0.15) is 34.7 Å². The molecule has 1 unspecified atom stereocenters. The maximum absolute atomic E-state index is 14.2. The number of carbonyl (C=O) groups is 1. The number of aromatic nitrogens is 2. The van der Waals surface area contributed by atoms with Gasteiger partial charge in [0.1, 0.15) is 5.82 Å². The number of rotatable bonds is 8. The average Bonchev–Trinajstić information content (AvgIpc) is 3.04. The minimum atomic E-state index is -0.693. The summed E-state index contributed by atoms with van der Waals surface area (Å²) < 4.78 is 1.57. The summed E-state index contributed by atoms with van der Waals surface area (Å²) in [5.74, 6) is -0.0516. The number of benzene rings is 5. The number of carbonyl (C=O) groups excluding carboxylic acids is 1. The number of fused-ring (bicyclic) bond motifs is 2. The van der Waals surface area contributed by atoms with E-state index in [9.17, 15) is 19.7 Å². The van der Waals surface area contributed by atoms with Crippen LogP contribution in [0.4, 0.5) is 5.69 Å². The summed E-state index contributed by atoms with van der Waals surface area (Å²) in [5.41, 5.74) is 1.81. The Labute approximate surface area is 257 Å². The van der Waals surface area contributed by atoms with E-state index in [1.54, 1.807) is 27.7 Å². The van der Waals surface area contributed by atoms with E-state index in [4.69, 9.17) is 16.6 Å². The van der Waals surface area contributed by atoms with Gasteiger partial charge in [-0.3, -0.25) is 24.3 Å². The van der Waals surface area contributed by atoms with Crippen LogP contribution in [0.5, 0.6) is 0 Å². The van der Waals surface area contributed by atoms with Crippen LogP contribution in [0.25, 0.3) is 27.4 Å². The van der Waals surface area contributed by atoms with E-state index in [0.717, 1.165) is 16.3 Å². The van der Waals surface area contributed by atoms with E-state index >= 15 is 0 Å². The standard InChI is InChI=1S/C35H27ClN4O4/c1-23(38(20-19-24-9-3-2-4-10-24)34(41)29-18-17-28(40(43)44)22-31(29)36)33-37-32-14-8-7-13-30(32)35(42)39(33)27-16-15-25-11-5-6-12-26(25)21-27/h2-18,21-23H,19-20H2,1H3. The van der Waals surface area contributed by atoms with Crippen LogP contribution in [0, 0.1) is 10.1 Å². The van der Waals surface area contributed by atoms with Gasteiger partial charge in [0.25, 0.3) is 17.2 Å². The molecule has 0 N–H and O–H groups in total. The van der Waals surface area contributed by atoms with Gasteiger partial charge in [0.2, 0.25) is 0 Å². The lowest BCUT2D eigenvalue weighted by Gasteiger charge is -2.31. The fraction of sp³-hybridized carbons (Fsp3) is 0.114. The molecule has 0 aliphatic heterocycles. The van der Waals surface area contributed by atoms with Crippen molar-refractivity contribution in [1.29, 1.82) is 0 Å². The molecule has 5 aromatic carbocycles. The number of non-ortho nitro benzene ring substituents is 1. The zero-order chi connectivity index (χ0) is 30.8. The summed E-state index contributed by atoms with van der Waals surface area (Å²) in [7, 11) is 0. The van der Waals surface area contributed by atoms with Crippen LogP contribution < -0.4 is 5.56 Å². The van der Waals surface area contributed by atoms with Crippen LogP contribution in [-0.4, -0.2) is 31.8 Å². The van der Waals surface area contributed by atoms with Crippen LogP contribution >= 0.6 is 11.6 Å². The van der Waals surface area contributed by atoms with Crippen LogP contribution in [-0.2, 0) is 6.42 Å². The Kier molecular flexibility index (Phi) is 7.91. The van der Waals surface area contributed by atoms with Crippen molar-refractivity contribution >= 4 is 44.9 Å². The molecular formula is C35H27ClN4O4. The quantitative estimate of drug-likeness (QED) is 0.132. The molecule has 44 heavy (non-hydrogen) atoms. The molecule has 1 atom stereocenters. The summed E-state index contributed by atoms with van der Waals surface area (Å²) in [6.07, 6.45) is 0.523. The van der Waals surface area contributed by atoms with E-state index in [2.05, 4.69) is 0 Å². The van der Waals surface area contributed by atoms with E-state index in [-0.39, 0.29) is 28.4 Å². The molecule has 0 aliphatic rings. The number of nitrogens with zero attached hydrogens (tertiary/aromatic N) is 4. The number of nitro benzene ring substituents is 1. The summed E-state index contributed by atoms with van der Waals surface area (Å²) in [5, 5.41) is 13.7. The number of hydrogen-bond donors (Lipinski definition) is 0. The molecule has 0 spiro atoms. The zero-order valence-electron chi connectivity index (χ0n) is 23.8. The highest BCUT2D eigenvalue weighted by Crippen LogP contribution is 2.29. The molecule has 218 valence electrons. The normalized spacial score (nSPS) is 11.9. The molecular weight excluding hydrogens is 576 g/mol. The highest BCUT2D eigenvalue weighted by Gasteiger charge is 2.29. The van der Waals surface area contributed by atoms with Crippen molar-refractivity contribution < 1.29 is 9.72 Å². The fourth-order valence-corrected chi connectivity index (χ4v) is 5.70. The maximum Gasteiger partial charge on any atom is 0.270 e. The predicted molar refractivity (Wildman–Crippen MR) is 173 cm³/mol. The third kappa shape index (κ3) is 5.55. The second kappa shape index (κ2) is 12.1. The second-order valence-electron chi connectivity index (χ2n) is 10.5. The van der Waals surface area contributed by atoms with Crippen molar-refractivity contribution in [2.75, 3.05) is 6.54 Å². The molecule has 0 radical (unpaired) electrons. The van der Waals surface area contributed by atoms with Gasteiger partial charge in [0, 0.05) is 18.7 Å². The number of nitro groups is 1. The van der Waals surface area contributed by atoms with Gasteiger partial charge >= 0.3 is 0 Å². The van der Waals surface area contributed by atoms with Crippen molar-refractivity contribution in [3.05, 3.63) is 158 Å². The fourth-order valence-electron chi connectivity index (χ4n) is 5.45. The summed E-state index contributed by atoms with van der Waals surface area (Å²) in [4.78, 5) is 45.7. The summed E-state index contributed by atoms with van der Waals surface area (Å²) in [6, 6.07) is 33.6. The van der Waals surface area contributed by atoms with E-state index in [0.29, 0.717) is 28.8 Å². The Morgan fingerprint density at radius 3 is 2.36 bits per heavy atom. The zero-order valence-corrected chi connectivity index (χ0v) is 24.5. The molecule has 0 saturated heterocycles. The number of hydrogen-bond acceptors (Lipinski definition) is 5. The van der Waals surface area contributed by atoms with Crippen molar-refractivity contribution in [2.24, 2.45) is 0 Å². The minimum absolute atomic E-state index is 0.0282. The number of halogens is 1. The van der Waals surface area contributed by atoms with Gasteiger partial charge in [0.15, 0.2) is 0 Å². The first-order valence-electron chi connectivity index (χ1n) is 14.1. The van der Waals surface area contributed by atoms with Gasteiger partial charge < -0.3 is 4.90 Å². The first-order valence-corrected chi connectivity index (χ1v) is 14.5. The molecule has 0 fully saturated rings. The molecule has 0 bridgehead atoms. The molecule has 1 amide bonds. The largest absolute Gasteiger partial charge is 0.328 e. The molecule has 1 heterocycles. The maximum atomic E-state index is 14.2. The lowest BCUT2D eigenvalue weighted by molar-refractivity contribution is -0.384. The highest BCUT2D eigenvalue weighted by atomic mass is 35.5. The molecule has 1 aromatic heterocycles. The molecule has 9 heteroatoms. The van der Waals surface area contributed by atoms with Gasteiger partial charge in [-0.05, 0) is 60.0 Å². The Morgan fingerprint density at radius 1 is 0.909 bits per heavy atom. The van der Waals surface area contributed by atoms with Gasteiger partial charge in [-0.2, -0.15) is 0 Å². The summed E-state index contributed by atoms with van der Waals surface area (Å²) >= 11 is 6.44. The number of para-hydroxylation sites is 1. The first-order chi connectivity index (χ1) is 21.3. The predicted octanol–water partition coefficient (Wildman–Crippen LogP) is 7.55. The molecule has 6 aromatic rings. The summed E-state index contributed by atoms with van der Waals surface area (Å²) in [6.45, 7) is 2.11. The Bertz CT molecular complexity index is 2100. The molecule has 6 rings (SSSR count). The van der Waals surface area contributed by atoms with Crippen molar-refractivity contribution in [1.82, 2.24) is 14.5 Å². The van der Waals surface area contributed by atoms with Crippen molar-refractivity contribution in [2.45, 2.75) is 19.4 Å². The van der Waals surface area contributed by atoms with E-state index < -0.39 is 16.9 Å². The third-order valence-corrected chi connectivity index (χ3v) is 8.09. The SMILES string of the molecule is CC(c1nc2ccccc2c(=O)n1-c1ccc2ccccc2c1)N(CCc1ccccc1)C(=O)c1ccc([N+](=O)[O-])cc1Cl. The van der Waals surface area contributed by atoms with E-state index in [1.165, 1.54) is 18.2 Å². The first kappa shape index (κ1) is 28.8. The Hall–Kier alpha value is -5.34. The van der Waals surface area contributed by atoms with E-state index in [1.807, 2.05) is 85.8 Å². The van der Waals surface area contributed by atoms with Gasteiger partial charge in [-0.25, -0.2) is 4.98 Å². The topological polar surface area (TPSA) is 98.3 Å². The van der Waals surface area contributed by atoms with Crippen LogP contribution in [0.15, 0.2) is 120 Å². The Balaban J connectivity index is 1.51. The smallest absolute Gasteiger partial charge is 0.270 e. The van der Waals surface area contributed by atoms with Crippen LogP contribution in [0.3, 0.4) is 0 Å². The van der Waals surface area contributed by atoms with Gasteiger partial charge in [0.05, 0.1) is 38.1 Å². The van der Waals surface area contributed by atoms with Crippen molar-refractivity contribution in [3.63, 3.8) is 0 Å². The number of amides is 1. The monoisotopic (exact) mass is 602 g/mol. The highest BCUT2D eigenvalue weighted by molar-refractivity contribution is 6.34. The second-order valence-corrected chi connectivity index (χ2v) is 10.9. The van der Waals surface area contributed by atoms with Gasteiger partial charge in [-0.1, -0.05) is 84.4 Å². The van der Waals surface area contributed by atoms with Crippen LogP contribution in [0.2, 0.25) is 5.02 Å². The molecule has 0 aliphatic carbocycles. The van der Waals surface area contributed by atoms with Gasteiger partial charge in [-0.15, -0.1) is 0 Å². The lowest BCUT2D eigenvalue weighted by atomic mass is 10.1. The molecule has 8 nitrogen and oxygen atoms in total. The minimum Gasteiger partial charge on any atom is -0.328 e. The lowest BCUT2D eigenvalue weighted by Crippen LogP contribution is -2.39.